The molecule has 3 aromatic rings. The summed E-state index contributed by atoms with van der Waals surface area (Å²) < 4.78 is 40.7. The van der Waals surface area contributed by atoms with Crippen molar-refractivity contribution in [2.24, 2.45) is 0 Å². The lowest BCUT2D eigenvalue weighted by molar-refractivity contribution is -0.136. The van der Waals surface area contributed by atoms with Crippen LogP contribution in [-0.2, 0) is 6.18 Å². The molecule has 1 aromatic heterocycles. The lowest BCUT2D eigenvalue weighted by atomic mass is 10.1. The standard InChI is InChI=1S/C15H11F3N2O/c1-9-19-14-12(15(16,17)18)3-2-4-13(14)20(9)10-5-7-11(21)8-6-10/h2-8,21H,1H3. The molecule has 0 amide bonds. The fraction of sp³-hybridized carbons (Fsp3) is 0.133. The van der Waals surface area contributed by atoms with Crippen LogP contribution in [0.5, 0.6) is 5.75 Å². The number of hydrogen-bond donors (Lipinski definition) is 1. The first-order chi connectivity index (χ1) is 9.88. The number of halogens is 3. The summed E-state index contributed by atoms with van der Waals surface area (Å²) >= 11 is 0. The highest BCUT2D eigenvalue weighted by atomic mass is 19.4. The SMILES string of the molecule is Cc1nc2c(C(F)(F)F)cccc2n1-c1ccc(O)cc1. The van der Waals surface area contributed by atoms with Crippen molar-refractivity contribution < 1.29 is 18.3 Å². The largest absolute Gasteiger partial charge is 0.508 e. The van der Waals surface area contributed by atoms with E-state index in [9.17, 15) is 18.3 Å². The molecule has 0 radical (unpaired) electrons. The maximum absolute atomic E-state index is 13.0. The number of aryl methyl sites for hydroxylation is 1. The number of phenolic OH excluding ortho intramolecular Hbond substituents is 1. The Bertz CT molecular complexity index is 804. The smallest absolute Gasteiger partial charge is 0.418 e. The van der Waals surface area contributed by atoms with Crippen molar-refractivity contribution in [3.8, 4) is 11.4 Å². The Morgan fingerprint density at radius 3 is 2.33 bits per heavy atom. The molecule has 3 rings (SSSR count). The summed E-state index contributed by atoms with van der Waals surface area (Å²) in [5.41, 5.74) is 0.205. The number of imidazole rings is 1. The first kappa shape index (κ1) is 13.5. The number of hydrogen-bond acceptors (Lipinski definition) is 2. The van der Waals surface area contributed by atoms with E-state index < -0.39 is 11.7 Å². The number of aromatic hydroxyl groups is 1. The lowest BCUT2D eigenvalue weighted by Gasteiger charge is -2.09. The molecule has 1 heterocycles. The van der Waals surface area contributed by atoms with Gasteiger partial charge in [0, 0.05) is 5.69 Å². The molecule has 0 aliphatic rings. The minimum absolute atomic E-state index is 0.0735. The van der Waals surface area contributed by atoms with Gasteiger partial charge in [-0.3, -0.25) is 4.57 Å². The molecule has 6 heteroatoms. The van der Waals surface area contributed by atoms with Crippen molar-refractivity contribution in [2.75, 3.05) is 0 Å². The van der Waals surface area contributed by atoms with E-state index in [0.717, 1.165) is 6.07 Å². The number of fused-ring (bicyclic) bond motifs is 1. The van der Waals surface area contributed by atoms with Gasteiger partial charge in [-0.2, -0.15) is 13.2 Å². The summed E-state index contributed by atoms with van der Waals surface area (Å²) in [4.78, 5) is 4.06. The van der Waals surface area contributed by atoms with Gasteiger partial charge >= 0.3 is 6.18 Å². The predicted molar refractivity (Wildman–Crippen MR) is 72.5 cm³/mol. The Labute approximate surface area is 118 Å². The summed E-state index contributed by atoms with van der Waals surface area (Å²) in [6.07, 6.45) is -4.44. The Balaban J connectivity index is 2.30. The van der Waals surface area contributed by atoms with Crippen LogP contribution in [0.25, 0.3) is 16.7 Å². The summed E-state index contributed by atoms with van der Waals surface area (Å²) in [6, 6.07) is 10.2. The third kappa shape index (κ3) is 2.22. The molecule has 0 bridgehead atoms. The lowest BCUT2D eigenvalue weighted by Crippen LogP contribution is -2.05. The van der Waals surface area contributed by atoms with Crippen molar-refractivity contribution in [1.82, 2.24) is 9.55 Å². The first-order valence-corrected chi connectivity index (χ1v) is 6.22. The van der Waals surface area contributed by atoms with Crippen molar-refractivity contribution in [1.29, 1.82) is 0 Å². The Hall–Kier alpha value is -2.50. The van der Waals surface area contributed by atoms with Crippen LogP contribution in [0.3, 0.4) is 0 Å². The van der Waals surface area contributed by atoms with E-state index >= 15 is 0 Å². The minimum atomic E-state index is -4.44. The third-order valence-corrected chi connectivity index (χ3v) is 3.27. The number of para-hydroxylation sites is 1. The number of alkyl halides is 3. The van der Waals surface area contributed by atoms with Gasteiger partial charge < -0.3 is 5.11 Å². The van der Waals surface area contributed by atoms with Gasteiger partial charge in [0.2, 0.25) is 0 Å². The first-order valence-electron chi connectivity index (χ1n) is 6.22. The molecule has 0 saturated carbocycles. The van der Waals surface area contributed by atoms with Crippen LogP contribution in [0.1, 0.15) is 11.4 Å². The highest BCUT2D eigenvalue weighted by Gasteiger charge is 2.34. The predicted octanol–water partition coefficient (Wildman–Crippen LogP) is 4.06. The van der Waals surface area contributed by atoms with Crippen molar-refractivity contribution in [2.45, 2.75) is 13.1 Å². The van der Waals surface area contributed by atoms with Gasteiger partial charge in [0.05, 0.1) is 11.1 Å². The number of aromatic nitrogens is 2. The fourth-order valence-electron chi connectivity index (χ4n) is 2.37. The molecule has 0 saturated heterocycles. The highest BCUT2D eigenvalue weighted by Crippen LogP contribution is 2.35. The van der Waals surface area contributed by atoms with Gasteiger partial charge in [-0.25, -0.2) is 4.98 Å². The van der Waals surface area contributed by atoms with Gasteiger partial charge in [-0.15, -0.1) is 0 Å². The van der Waals surface area contributed by atoms with Crippen LogP contribution >= 0.6 is 0 Å². The fourth-order valence-corrected chi connectivity index (χ4v) is 2.37. The van der Waals surface area contributed by atoms with E-state index in [1.165, 1.54) is 18.2 Å². The van der Waals surface area contributed by atoms with Crippen LogP contribution in [0, 0.1) is 6.92 Å². The molecule has 0 aliphatic carbocycles. The Morgan fingerprint density at radius 2 is 1.71 bits per heavy atom. The zero-order chi connectivity index (χ0) is 15.2. The number of nitrogens with zero attached hydrogens (tertiary/aromatic N) is 2. The molecule has 0 atom stereocenters. The molecule has 3 nitrogen and oxygen atoms in total. The summed E-state index contributed by atoms with van der Waals surface area (Å²) in [5, 5.41) is 9.31. The van der Waals surface area contributed by atoms with E-state index in [0.29, 0.717) is 17.0 Å². The second-order valence-corrected chi connectivity index (χ2v) is 4.68. The topological polar surface area (TPSA) is 38.0 Å². The van der Waals surface area contributed by atoms with Crippen molar-refractivity contribution >= 4 is 11.0 Å². The van der Waals surface area contributed by atoms with Gasteiger partial charge in [-0.1, -0.05) is 6.07 Å². The molecule has 108 valence electrons. The highest BCUT2D eigenvalue weighted by molar-refractivity contribution is 5.82. The van der Waals surface area contributed by atoms with Crippen molar-refractivity contribution in [3.63, 3.8) is 0 Å². The van der Waals surface area contributed by atoms with Gasteiger partial charge in [0.1, 0.15) is 17.1 Å². The zero-order valence-electron chi connectivity index (χ0n) is 11.0. The molecular weight excluding hydrogens is 281 g/mol. The van der Waals surface area contributed by atoms with Crippen LogP contribution in [0.4, 0.5) is 13.2 Å². The number of benzene rings is 2. The third-order valence-electron chi connectivity index (χ3n) is 3.27. The van der Waals surface area contributed by atoms with E-state index in [-0.39, 0.29) is 11.3 Å². The molecule has 0 fully saturated rings. The Kier molecular flexibility index (Phi) is 2.90. The average molecular weight is 292 g/mol. The van der Waals surface area contributed by atoms with Crippen LogP contribution in [0.15, 0.2) is 42.5 Å². The molecule has 0 aliphatic heterocycles. The number of rotatable bonds is 1. The van der Waals surface area contributed by atoms with Gasteiger partial charge in [0.25, 0.3) is 0 Å². The molecule has 21 heavy (non-hydrogen) atoms. The summed E-state index contributed by atoms with van der Waals surface area (Å²) in [5.74, 6) is 0.546. The average Bonchev–Trinajstić information content (AvgIpc) is 2.74. The maximum atomic E-state index is 13.0. The van der Waals surface area contributed by atoms with Gasteiger partial charge in [0.15, 0.2) is 0 Å². The number of phenols is 1. The quantitative estimate of drug-likeness (QED) is 0.734. The minimum Gasteiger partial charge on any atom is -0.508 e. The monoisotopic (exact) mass is 292 g/mol. The van der Waals surface area contributed by atoms with E-state index in [2.05, 4.69) is 4.98 Å². The molecule has 1 N–H and O–H groups in total. The molecule has 2 aromatic carbocycles. The molecule has 0 unspecified atom stereocenters. The van der Waals surface area contributed by atoms with E-state index in [4.69, 9.17) is 0 Å². The second kappa shape index (κ2) is 4.51. The maximum Gasteiger partial charge on any atom is 0.418 e. The van der Waals surface area contributed by atoms with E-state index in [1.54, 1.807) is 29.7 Å². The Morgan fingerprint density at radius 1 is 1.05 bits per heavy atom. The zero-order valence-corrected chi connectivity index (χ0v) is 11.0. The summed E-state index contributed by atoms with van der Waals surface area (Å²) in [6.45, 7) is 1.65. The van der Waals surface area contributed by atoms with Crippen LogP contribution < -0.4 is 0 Å². The van der Waals surface area contributed by atoms with Crippen molar-refractivity contribution in [3.05, 3.63) is 53.9 Å². The normalized spacial score (nSPS) is 12.0. The molecule has 0 spiro atoms. The molecular formula is C15H11F3N2O. The second-order valence-electron chi connectivity index (χ2n) is 4.68. The summed E-state index contributed by atoms with van der Waals surface area (Å²) in [7, 11) is 0. The van der Waals surface area contributed by atoms with Gasteiger partial charge in [-0.05, 0) is 43.3 Å². The van der Waals surface area contributed by atoms with Crippen LogP contribution in [0.2, 0.25) is 0 Å². The van der Waals surface area contributed by atoms with E-state index in [1.807, 2.05) is 0 Å². The van der Waals surface area contributed by atoms with Crippen LogP contribution in [-0.4, -0.2) is 14.7 Å².